The van der Waals surface area contributed by atoms with Gasteiger partial charge in [-0.1, -0.05) is 53.8 Å². The van der Waals surface area contributed by atoms with Crippen LogP contribution in [0.4, 0.5) is 0 Å². The SMILES string of the molecule is Cc1ccc(/C=C2\SC(=S)N(C(C)C(=O)O)C2=O)cc1. The highest BCUT2D eigenvalue weighted by molar-refractivity contribution is 8.26. The average molecular weight is 307 g/mol. The molecule has 1 saturated heterocycles. The molecule has 2 rings (SSSR count). The van der Waals surface area contributed by atoms with Crippen LogP contribution in [0.3, 0.4) is 0 Å². The van der Waals surface area contributed by atoms with E-state index in [1.807, 2.05) is 31.2 Å². The lowest BCUT2D eigenvalue weighted by Gasteiger charge is -2.18. The molecule has 1 N–H and O–H groups in total. The van der Waals surface area contributed by atoms with E-state index in [0.717, 1.165) is 27.8 Å². The van der Waals surface area contributed by atoms with Crippen molar-refractivity contribution in [2.45, 2.75) is 19.9 Å². The number of hydrogen-bond donors (Lipinski definition) is 1. The minimum Gasteiger partial charge on any atom is -0.480 e. The second-order valence-electron chi connectivity index (χ2n) is 4.48. The molecule has 1 aromatic rings. The highest BCUT2D eigenvalue weighted by Gasteiger charge is 2.38. The molecule has 0 aromatic heterocycles. The van der Waals surface area contributed by atoms with Gasteiger partial charge >= 0.3 is 5.97 Å². The Labute approximate surface area is 126 Å². The number of nitrogens with zero attached hydrogens (tertiary/aromatic N) is 1. The number of amides is 1. The topological polar surface area (TPSA) is 57.6 Å². The number of carboxylic acids is 1. The van der Waals surface area contributed by atoms with Crippen LogP contribution in [-0.4, -0.2) is 32.2 Å². The number of benzene rings is 1. The molecule has 1 aliphatic heterocycles. The van der Waals surface area contributed by atoms with Gasteiger partial charge in [-0.05, 0) is 25.5 Å². The molecular weight excluding hydrogens is 294 g/mol. The number of carbonyl (C=O) groups is 2. The van der Waals surface area contributed by atoms with Gasteiger partial charge in [0.25, 0.3) is 5.91 Å². The fraction of sp³-hybridized carbons (Fsp3) is 0.214. The fourth-order valence-electron chi connectivity index (χ4n) is 1.74. The molecule has 6 heteroatoms. The predicted molar refractivity (Wildman–Crippen MR) is 83.3 cm³/mol. The van der Waals surface area contributed by atoms with Crippen molar-refractivity contribution in [1.82, 2.24) is 4.90 Å². The lowest BCUT2D eigenvalue weighted by Crippen LogP contribution is -2.41. The van der Waals surface area contributed by atoms with E-state index < -0.39 is 12.0 Å². The third kappa shape index (κ3) is 2.91. The van der Waals surface area contributed by atoms with Gasteiger partial charge in [-0.15, -0.1) is 0 Å². The first-order chi connectivity index (χ1) is 9.40. The van der Waals surface area contributed by atoms with E-state index in [0.29, 0.717) is 4.91 Å². The molecule has 1 heterocycles. The summed E-state index contributed by atoms with van der Waals surface area (Å²) in [7, 11) is 0. The molecule has 1 unspecified atom stereocenters. The van der Waals surface area contributed by atoms with Crippen molar-refractivity contribution >= 4 is 46.3 Å². The maximum atomic E-state index is 12.2. The predicted octanol–water partition coefficient (Wildman–Crippen LogP) is 2.67. The van der Waals surface area contributed by atoms with Gasteiger partial charge in [0.1, 0.15) is 10.4 Å². The quantitative estimate of drug-likeness (QED) is 0.687. The summed E-state index contributed by atoms with van der Waals surface area (Å²) in [5.74, 6) is -1.42. The smallest absolute Gasteiger partial charge is 0.326 e. The van der Waals surface area contributed by atoms with Crippen LogP contribution in [0.25, 0.3) is 6.08 Å². The molecule has 1 atom stereocenters. The molecule has 4 nitrogen and oxygen atoms in total. The number of rotatable bonds is 3. The van der Waals surface area contributed by atoms with Gasteiger partial charge in [0.05, 0.1) is 4.91 Å². The van der Waals surface area contributed by atoms with E-state index >= 15 is 0 Å². The van der Waals surface area contributed by atoms with Gasteiger partial charge in [-0.2, -0.15) is 0 Å². The van der Waals surface area contributed by atoms with Crippen molar-refractivity contribution in [3.63, 3.8) is 0 Å². The van der Waals surface area contributed by atoms with Gasteiger partial charge in [0.2, 0.25) is 0 Å². The summed E-state index contributed by atoms with van der Waals surface area (Å²) in [6.07, 6.45) is 1.73. The average Bonchev–Trinajstić information content (AvgIpc) is 2.66. The van der Waals surface area contributed by atoms with Crippen molar-refractivity contribution in [2.24, 2.45) is 0 Å². The summed E-state index contributed by atoms with van der Waals surface area (Å²) in [6, 6.07) is 6.76. The third-order valence-corrected chi connectivity index (χ3v) is 4.27. The summed E-state index contributed by atoms with van der Waals surface area (Å²) in [6.45, 7) is 3.43. The number of thiocarbonyl (C=S) groups is 1. The zero-order valence-corrected chi connectivity index (χ0v) is 12.6. The van der Waals surface area contributed by atoms with Crippen LogP contribution in [0.1, 0.15) is 18.1 Å². The molecule has 1 aliphatic rings. The van der Waals surface area contributed by atoms with Crippen LogP contribution >= 0.6 is 24.0 Å². The molecule has 0 spiro atoms. The zero-order chi connectivity index (χ0) is 14.9. The Bertz CT molecular complexity index is 607. The van der Waals surface area contributed by atoms with Crippen molar-refractivity contribution < 1.29 is 14.7 Å². The van der Waals surface area contributed by atoms with Crippen LogP contribution in [0.2, 0.25) is 0 Å². The van der Waals surface area contributed by atoms with Gasteiger partial charge in [-0.25, -0.2) is 4.79 Å². The van der Waals surface area contributed by atoms with E-state index in [2.05, 4.69) is 0 Å². The summed E-state index contributed by atoms with van der Waals surface area (Å²) >= 11 is 6.22. The van der Waals surface area contributed by atoms with Crippen LogP contribution in [0.15, 0.2) is 29.2 Å². The number of carbonyl (C=O) groups excluding carboxylic acids is 1. The minimum atomic E-state index is -1.07. The molecule has 1 aromatic carbocycles. The first-order valence-electron chi connectivity index (χ1n) is 5.96. The van der Waals surface area contributed by atoms with Crippen LogP contribution in [0, 0.1) is 6.92 Å². The second-order valence-corrected chi connectivity index (χ2v) is 6.15. The van der Waals surface area contributed by atoms with E-state index in [9.17, 15) is 9.59 Å². The highest BCUT2D eigenvalue weighted by atomic mass is 32.2. The Kier molecular flexibility index (Phi) is 4.25. The minimum absolute atomic E-state index is 0.281. The van der Waals surface area contributed by atoms with Crippen molar-refractivity contribution in [2.75, 3.05) is 0 Å². The maximum Gasteiger partial charge on any atom is 0.326 e. The van der Waals surface area contributed by atoms with Gasteiger partial charge in [-0.3, -0.25) is 9.69 Å². The Hall–Kier alpha value is -1.66. The molecular formula is C14H13NO3S2. The van der Waals surface area contributed by atoms with Crippen molar-refractivity contribution in [3.05, 3.63) is 40.3 Å². The van der Waals surface area contributed by atoms with E-state index in [-0.39, 0.29) is 10.2 Å². The molecule has 0 saturated carbocycles. The van der Waals surface area contributed by atoms with Crippen LogP contribution in [-0.2, 0) is 9.59 Å². The van der Waals surface area contributed by atoms with E-state index in [4.69, 9.17) is 17.3 Å². The first-order valence-corrected chi connectivity index (χ1v) is 7.19. The molecule has 0 aliphatic carbocycles. The van der Waals surface area contributed by atoms with Gasteiger partial charge in [0, 0.05) is 0 Å². The van der Waals surface area contributed by atoms with Crippen molar-refractivity contribution in [1.29, 1.82) is 0 Å². The largest absolute Gasteiger partial charge is 0.480 e. The standard InChI is InChI=1S/C14H13NO3S2/c1-8-3-5-10(6-4-8)7-11-12(16)15(14(19)20-11)9(2)13(17)18/h3-7,9H,1-2H3,(H,17,18)/b11-7-. The summed E-state index contributed by atoms with van der Waals surface area (Å²) in [4.78, 5) is 24.8. The lowest BCUT2D eigenvalue weighted by atomic mass is 10.1. The molecule has 1 amide bonds. The summed E-state index contributed by atoms with van der Waals surface area (Å²) < 4.78 is 0.281. The number of aliphatic carboxylic acids is 1. The molecule has 104 valence electrons. The zero-order valence-electron chi connectivity index (χ0n) is 11.0. The van der Waals surface area contributed by atoms with Gasteiger partial charge in [0.15, 0.2) is 0 Å². The molecule has 0 radical (unpaired) electrons. The first kappa shape index (κ1) is 14.7. The Balaban J connectivity index is 2.28. The monoisotopic (exact) mass is 307 g/mol. The fourth-order valence-corrected chi connectivity index (χ4v) is 3.16. The Morgan fingerprint density at radius 1 is 1.40 bits per heavy atom. The third-order valence-electron chi connectivity index (χ3n) is 2.94. The van der Waals surface area contributed by atoms with E-state index in [1.54, 1.807) is 6.08 Å². The Morgan fingerprint density at radius 3 is 2.55 bits per heavy atom. The van der Waals surface area contributed by atoms with E-state index in [1.165, 1.54) is 6.92 Å². The second kappa shape index (κ2) is 5.76. The lowest BCUT2D eigenvalue weighted by molar-refractivity contribution is -0.144. The molecule has 1 fully saturated rings. The molecule has 20 heavy (non-hydrogen) atoms. The molecule has 0 bridgehead atoms. The Morgan fingerprint density at radius 2 is 2.00 bits per heavy atom. The number of thioether (sulfide) groups is 1. The maximum absolute atomic E-state index is 12.2. The normalized spacial score (nSPS) is 18.7. The number of carboxylic acid groups (broad SMARTS) is 1. The summed E-state index contributed by atoms with van der Waals surface area (Å²) in [5.41, 5.74) is 2.02. The van der Waals surface area contributed by atoms with Gasteiger partial charge < -0.3 is 5.11 Å². The summed E-state index contributed by atoms with van der Waals surface area (Å²) in [5, 5.41) is 9.00. The number of aryl methyl sites for hydroxylation is 1. The van der Waals surface area contributed by atoms with Crippen LogP contribution in [0.5, 0.6) is 0 Å². The van der Waals surface area contributed by atoms with Crippen LogP contribution < -0.4 is 0 Å². The number of hydrogen-bond acceptors (Lipinski definition) is 4. The highest BCUT2D eigenvalue weighted by Crippen LogP contribution is 2.33. The van der Waals surface area contributed by atoms with Crippen molar-refractivity contribution in [3.8, 4) is 0 Å².